The number of hydrogen-bond acceptors (Lipinski definition) is 7. The summed E-state index contributed by atoms with van der Waals surface area (Å²) in [5.41, 5.74) is 1.32. The number of rotatable bonds is 5. The zero-order valence-electron chi connectivity index (χ0n) is 17.1. The number of carbonyl (C=O) groups is 3. The second-order valence-corrected chi connectivity index (χ2v) is 7.75. The maximum absolute atomic E-state index is 13.0. The predicted molar refractivity (Wildman–Crippen MR) is 115 cm³/mol. The third-order valence-electron chi connectivity index (χ3n) is 5.54. The lowest BCUT2D eigenvalue weighted by molar-refractivity contribution is -0.385. The standard InChI is InChI=1S/C21H22N6O5/c1-11-7-8-13(9-15(11)27(31)32)22-19(29)14-10-16(28)24-18-17(14)20(30)26-21(25-18)23-12-5-3-2-4-6-12/h2-9,14,17-18,21,23,25H,10H2,1H3,(H,22,29)(H,24,28)(H,26,30). The first-order chi connectivity index (χ1) is 15.3. The van der Waals surface area contributed by atoms with Crippen LogP contribution in [0.3, 0.4) is 0 Å². The molecule has 0 saturated carbocycles. The number of piperidine rings is 1. The minimum absolute atomic E-state index is 0.131. The van der Waals surface area contributed by atoms with Gasteiger partial charge in [0.15, 0.2) is 6.29 Å². The smallest absolute Gasteiger partial charge is 0.274 e. The van der Waals surface area contributed by atoms with Crippen LogP contribution in [0, 0.1) is 28.9 Å². The molecule has 2 heterocycles. The average molecular weight is 438 g/mol. The Balaban J connectivity index is 1.50. The number of carbonyl (C=O) groups excluding carboxylic acids is 3. The molecule has 0 aliphatic carbocycles. The van der Waals surface area contributed by atoms with E-state index in [2.05, 4.69) is 26.6 Å². The van der Waals surface area contributed by atoms with Gasteiger partial charge < -0.3 is 21.3 Å². The van der Waals surface area contributed by atoms with Crippen molar-refractivity contribution in [2.24, 2.45) is 11.8 Å². The zero-order chi connectivity index (χ0) is 22.8. The summed E-state index contributed by atoms with van der Waals surface area (Å²) in [6.45, 7) is 1.59. The fraction of sp³-hybridized carbons (Fsp3) is 0.286. The zero-order valence-corrected chi connectivity index (χ0v) is 17.1. The van der Waals surface area contributed by atoms with Gasteiger partial charge in [0.25, 0.3) is 5.69 Å². The van der Waals surface area contributed by atoms with Crippen LogP contribution in [-0.2, 0) is 14.4 Å². The molecular formula is C21H22N6O5. The number of nitro benzene ring substituents is 1. The molecule has 4 rings (SSSR count). The van der Waals surface area contributed by atoms with Crippen LogP contribution >= 0.6 is 0 Å². The van der Waals surface area contributed by atoms with Crippen LogP contribution < -0.4 is 26.6 Å². The summed E-state index contributed by atoms with van der Waals surface area (Å²) in [6.07, 6.45) is -1.57. The van der Waals surface area contributed by atoms with E-state index in [0.29, 0.717) is 5.56 Å². The molecule has 32 heavy (non-hydrogen) atoms. The van der Waals surface area contributed by atoms with Gasteiger partial charge in [-0.3, -0.25) is 29.8 Å². The third kappa shape index (κ3) is 4.37. The number of aryl methyl sites for hydroxylation is 1. The van der Waals surface area contributed by atoms with Gasteiger partial charge >= 0.3 is 0 Å². The largest absolute Gasteiger partial charge is 0.353 e. The number of nitrogens with one attached hydrogen (secondary N) is 5. The first-order valence-electron chi connectivity index (χ1n) is 10.0. The monoisotopic (exact) mass is 438 g/mol. The normalized spacial score (nSPS) is 24.5. The Labute approximate surface area is 183 Å². The molecule has 0 bridgehead atoms. The SMILES string of the molecule is Cc1ccc(NC(=O)C2CC(=O)NC3NC(Nc4ccccc4)NC(=O)C32)cc1[N+](=O)[O-]. The molecule has 2 aliphatic heterocycles. The van der Waals surface area contributed by atoms with Crippen LogP contribution in [0.25, 0.3) is 0 Å². The molecule has 2 aliphatic rings. The van der Waals surface area contributed by atoms with Crippen molar-refractivity contribution in [1.82, 2.24) is 16.0 Å². The van der Waals surface area contributed by atoms with Crippen molar-refractivity contribution in [1.29, 1.82) is 0 Å². The van der Waals surface area contributed by atoms with Gasteiger partial charge in [0.2, 0.25) is 17.7 Å². The Kier molecular flexibility index (Phi) is 5.73. The maximum atomic E-state index is 13.0. The van der Waals surface area contributed by atoms with Crippen LogP contribution in [0.4, 0.5) is 17.1 Å². The second-order valence-electron chi connectivity index (χ2n) is 7.75. The van der Waals surface area contributed by atoms with Gasteiger partial charge in [-0.15, -0.1) is 0 Å². The van der Waals surface area contributed by atoms with Gasteiger partial charge in [0.1, 0.15) is 0 Å². The number of para-hydroxylation sites is 1. The van der Waals surface area contributed by atoms with E-state index in [1.165, 1.54) is 12.1 Å². The Morgan fingerprint density at radius 3 is 2.56 bits per heavy atom. The van der Waals surface area contributed by atoms with Crippen molar-refractivity contribution in [3.8, 4) is 0 Å². The fourth-order valence-electron chi connectivity index (χ4n) is 3.97. The minimum atomic E-state index is -0.945. The Hall–Kier alpha value is -3.99. The van der Waals surface area contributed by atoms with Crippen molar-refractivity contribution >= 4 is 34.8 Å². The Morgan fingerprint density at radius 2 is 1.84 bits per heavy atom. The first kappa shape index (κ1) is 21.2. The van der Waals surface area contributed by atoms with Gasteiger partial charge in [0, 0.05) is 29.4 Å². The molecule has 4 atom stereocenters. The summed E-state index contributed by atoms with van der Waals surface area (Å²) in [5, 5.41) is 25.5. The molecule has 2 aromatic rings. The minimum Gasteiger partial charge on any atom is -0.353 e. The highest BCUT2D eigenvalue weighted by molar-refractivity contribution is 6.00. The van der Waals surface area contributed by atoms with E-state index < -0.39 is 41.0 Å². The molecule has 166 valence electrons. The highest BCUT2D eigenvalue weighted by Gasteiger charge is 2.48. The van der Waals surface area contributed by atoms with Gasteiger partial charge in [-0.05, 0) is 25.1 Å². The second kappa shape index (κ2) is 8.63. The Bertz CT molecular complexity index is 1080. The molecule has 2 saturated heterocycles. The van der Waals surface area contributed by atoms with Crippen molar-refractivity contribution in [3.05, 3.63) is 64.2 Å². The van der Waals surface area contributed by atoms with E-state index >= 15 is 0 Å². The van der Waals surface area contributed by atoms with E-state index in [9.17, 15) is 24.5 Å². The van der Waals surface area contributed by atoms with E-state index in [1.807, 2.05) is 30.3 Å². The summed E-state index contributed by atoms with van der Waals surface area (Å²) in [7, 11) is 0. The summed E-state index contributed by atoms with van der Waals surface area (Å²) < 4.78 is 0. The summed E-state index contributed by atoms with van der Waals surface area (Å²) in [6, 6.07) is 13.5. The molecule has 2 aromatic carbocycles. The maximum Gasteiger partial charge on any atom is 0.274 e. The molecule has 4 unspecified atom stereocenters. The van der Waals surface area contributed by atoms with Gasteiger partial charge in [-0.1, -0.05) is 24.3 Å². The highest BCUT2D eigenvalue weighted by Crippen LogP contribution is 2.29. The number of benzene rings is 2. The van der Waals surface area contributed by atoms with Crippen LogP contribution in [0.5, 0.6) is 0 Å². The van der Waals surface area contributed by atoms with Crippen molar-refractivity contribution < 1.29 is 19.3 Å². The van der Waals surface area contributed by atoms with Crippen molar-refractivity contribution in [3.63, 3.8) is 0 Å². The van der Waals surface area contributed by atoms with E-state index in [0.717, 1.165) is 5.69 Å². The van der Waals surface area contributed by atoms with Crippen molar-refractivity contribution in [2.75, 3.05) is 10.6 Å². The number of nitrogens with zero attached hydrogens (tertiary/aromatic N) is 1. The molecule has 11 heteroatoms. The van der Waals surface area contributed by atoms with Crippen molar-refractivity contribution in [2.45, 2.75) is 25.8 Å². The third-order valence-corrected chi connectivity index (χ3v) is 5.54. The molecule has 11 nitrogen and oxygen atoms in total. The number of nitro groups is 1. The van der Waals surface area contributed by atoms with E-state index in [1.54, 1.807) is 13.0 Å². The number of hydrogen-bond donors (Lipinski definition) is 5. The molecule has 0 spiro atoms. The molecular weight excluding hydrogens is 416 g/mol. The summed E-state index contributed by atoms with van der Waals surface area (Å²) >= 11 is 0. The lowest BCUT2D eigenvalue weighted by atomic mass is 9.81. The summed E-state index contributed by atoms with van der Waals surface area (Å²) in [5.74, 6) is -3.11. The first-order valence-corrected chi connectivity index (χ1v) is 10.0. The molecule has 0 radical (unpaired) electrons. The summed E-state index contributed by atoms with van der Waals surface area (Å²) in [4.78, 5) is 48.8. The van der Waals surface area contributed by atoms with Gasteiger partial charge in [0.05, 0.1) is 22.9 Å². The molecule has 5 N–H and O–H groups in total. The predicted octanol–water partition coefficient (Wildman–Crippen LogP) is 1.04. The number of fused-ring (bicyclic) bond motifs is 1. The molecule has 3 amide bonds. The number of amides is 3. The highest BCUT2D eigenvalue weighted by atomic mass is 16.6. The molecule has 2 fully saturated rings. The van der Waals surface area contributed by atoms with Crippen LogP contribution in [0.2, 0.25) is 0 Å². The number of anilines is 2. The van der Waals surface area contributed by atoms with E-state index in [-0.39, 0.29) is 23.7 Å². The lowest BCUT2D eigenvalue weighted by Crippen LogP contribution is -2.72. The topological polar surface area (TPSA) is 155 Å². The Morgan fingerprint density at radius 1 is 1.09 bits per heavy atom. The lowest BCUT2D eigenvalue weighted by Gasteiger charge is -2.43. The van der Waals surface area contributed by atoms with Crippen LogP contribution in [0.1, 0.15) is 12.0 Å². The van der Waals surface area contributed by atoms with Gasteiger partial charge in [-0.25, -0.2) is 0 Å². The van der Waals surface area contributed by atoms with Gasteiger partial charge in [-0.2, -0.15) is 0 Å². The van der Waals surface area contributed by atoms with E-state index in [4.69, 9.17) is 0 Å². The van der Waals surface area contributed by atoms with Crippen LogP contribution in [0.15, 0.2) is 48.5 Å². The fourth-order valence-corrected chi connectivity index (χ4v) is 3.97. The quantitative estimate of drug-likeness (QED) is 0.345. The van der Waals surface area contributed by atoms with Crippen LogP contribution in [-0.4, -0.2) is 35.1 Å². The molecule has 0 aromatic heterocycles. The average Bonchev–Trinajstić information content (AvgIpc) is 2.74.